The Labute approximate surface area is 231 Å². The quantitative estimate of drug-likeness (QED) is 0.248. The van der Waals surface area contributed by atoms with Gasteiger partial charge in [0.15, 0.2) is 0 Å². The molecule has 0 fully saturated rings. The van der Waals surface area contributed by atoms with Gasteiger partial charge in [-0.15, -0.1) is 0 Å². The molecule has 2 aromatic rings. The third kappa shape index (κ3) is 10.9. The first-order valence-corrected chi connectivity index (χ1v) is 13.9. The number of nitrogens with zero attached hydrogens (tertiary/aromatic N) is 2. The summed E-state index contributed by atoms with van der Waals surface area (Å²) in [6.07, 6.45) is 5.68. The van der Waals surface area contributed by atoms with Gasteiger partial charge < -0.3 is 24.4 Å². The van der Waals surface area contributed by atoms with Crippen LogP contribution in [0.1, 0.15) is 54.6 Å². The number of unbranched alkanes of at least 4 members (excludes halogenated alkanes) is 1. The number of nitrogens with one attached hydrogen (secondary N) is 1. The van der Waals surface area contributed by atoms with Crippen LogP contribution in [-0.4, -0.2) is 74.6 Å². The number of methoxy groups -OCH3 is 2. The maximum Gasteiger partial charge on any atom is 0.408 e. The number of carbonyl (C=O) groups excluding carboxylic acids is 2. The normalized spacial score (nSPS) is 14.4. The van der Waals surface area contributed by atoms with Crippen molar-refractivity contribution in [3.8, 4) is 0 Å². The second kappa shape index (κ2) is 16.8. The predicted molar refractivity (Wildman–Crippen MR) is 147 cm³/mol. The molecule has 0 aliphatic heterocycles. The summed E-state index contributed by atoms with van der Waals surface area (Å²) in [5.41, 5.74) is 4.56. The fourth-order valence-electron chi connectivity index (χ4n) is 4.83. The van der Waals surface area contributed by atoms with Crippen LogP contribution in [0.25, 0.3) is 0 Å². The summed E-state index contributed by atoms with van der Waals surface area (Å²) in [7, 11) is 2.75. The van der Waals surface area contributed by atoms with Crippen molar-refractivity contribution >= 4 is 12.1 Å². The molecule has 1 heterocycles. The number of benzene rings is 1. The number of alkyl halides is 1. The fourth-order valence-corrected chi connectivity index (χ4v) is 4.83. The van der Waals surface area contributed by atoms with Crippen LogP contribution in [0.4, 0.5) is 9.18 Å². The number of halogens is 1. The monoisotopic (exact) mass is 543 g/mol. The molecule has 1 aliphatic rings. The lowest BCUT2D eigenvalue weighted by Crippen LogP contribution is -2.45. The van der Waals surface area contributed by atoms with E-state index in [1.54, 1.807) is 0 Å². The summed E-state index contributed by atoms with van der Waals surface area (Å²) < 4.78 is 29.6. The highest BCUT2D eigenvalue weighted by molar-refractivity contribution is 5.81. The molecule has 39 heavy (non-hydrogen) atoms. The van der Waals surface area contributed by atoms with Gasteiger partial charge in [-0.25, -0.2) is 14.0 Å². The molecule has 8 nitrogen and oxygen atoms in total. The highest BCUT2D eigenvalue weighted by Crippen LogP contribution is 2.20. The number of fused-ring (bicyclic) bond motifs is 1. The van der Waals surface area contributed by atoms with E-state index in [1.807, 2.05) is 35.2 Å². The van der Waals surface area contributed by atoms with E-state index in [9.17, 15) is 14.0 Å². The van der Waals surface area contributed by atoms with Gasteiger partial charge in [-0.05, 0) is 75.1 Å². The largest absolute Gasteiger partial charge is 0.467 e. The van der Waals surface area contributed by atoms with Crippen LogP contribution < -0.4 is 5.32 Å². The summed E-state index contributed by atoms with van der Waals surface area (Å²) in [5.74, 6) is -0.571. The van der Waals surface area contributed by atoms with Gasteiger partial charge in [0.25, 0.3) is 0 Å². The third-order valence-electron chi connectivity index (χ3n) is 6.92. The van der Waals surface area contributed by atoms with E-state index in [4.69, 9.17) is 19.2 Å². The molecule has 3 rings (SSSR count). The zero-order valence-electron chi connectivity index (χ0n) is 23.2. The van der Waals surface area contributed by atoms with Gasteiger partial charge in [0.2, 0.25) is 0 Å². The second-order valence-corrected chi connectivity index (χ2v) is 10.00. The Morgan fingerprint density at radius 1 is 1.05 bits per heavy atom. The van der Waals surface area contributed by atoms with Crippen LogP contribution in [0.3, 0.4) is 0 Å². The Morgan fingerprint density at radius 3 is 2.62 bits per heavy atom. The smallest absolute Gasteiger partial charge is 0.408 e. The maximum absolute atomic E-state index is 14.5. The van der Waals surface area contributed by atoms with Crippen molar-refractivity contribution in [2.45, 2.75) is 70.2 Å². The average molecular weight is 544 g/mol. The first-order valence-electron chi connectivity index (χ1n) is 13.9. The molecule has 0 radical (unpaired) electrons. The SMILES string of the molecule is COC[C@@H](F)CN(CCCCc1ccc2c(n1)CCCC2)CC[C@H](NC(=O)OCc1ccccc1)C(=O)OC. The number of pyridine rings is 1. The first kappa shape index (κ1) is 30.5. The molecular formula is C30H42FN3O5. The van der Waals surface area contributed by atoms with Crippen molar-refractivity contribution in [3.63, 3.8) is 0 Å². The molecular weight excluding hydrogens is 501 g/mol. The highest BCUT2D eigenvalue weighted by atomic mass is 19.1. The molecule has 0 saturated carbocycles. The summed E-state index contributed by atoms with van der Waals surface area (Å²) in [6.45, 7) is 1.32. The molecule has 1 amide bonds. The number of amides is 1. The van der Waals surface area contributed by atoms with Crippen molar-refractivity contribution in [1.29, 1.82) is 0 Å². The van der Waals surface area contributed by atoms with Gasteiger partial charge in [-0.2, -0.15) is 0 Å². The minimum absolute atomic E-state index is 0.0000374. The summed E-state index contributed by atoms with van der Waals surface area (Å²) in [6, 6.07) is 12.7. The number of ether oxygens (including phenoxy) is 3. The second-order valence-electron chi connectivity index (χ2n) is 10.00. The molecule has 1 aromatic heterocycles. The Hall–Kier alpha value is -3.04. The topological polar surface area (TPSA) is 90.0 Å². The molecule has 0 bridgehead atoms. The van der Waals surface area contributed by atoms with Crippen LogP contribution in [0.5, 0.6) is 0 Å². The number of esters is 1. The number of hydrogen-bond donors (Lipinski definition) is 1. The lowest BCUT2D eigenvalue weighted by Gasteiger charge is -2.26. The molecule has 0 unspecified atom stereocenters. The van der Waals surface area contributed by atoms with Gasteiger partial charge >= 0.3 is 12.1 Å². The van der Waals surface area contributed by atoms with Crippen molar-refractivity contribution in [2.24, 2.45) is 0 Å². The summed E-state index contributed by atoms with van der Waals surface area (Å²) in [5, 5.41) is 2.60. The lowest BCUT2D eigenvalue weighted by atomic mass is 9.95. The van der Waals surface area contributed by atoms with Crippen LogP contribution in [0.15, 0.2) is 42.5 Å². The van der Waals surface area contributed by atoms with E-state index < -0.39 is 24.3 Å². The van der Waals surface area contributed by atoms with Crippen LogP contribution >= 0.6 is 0 Å². The van der Waals surface area contributed by atoms with Crippen molar-refractivity contribution in [1.82, 2.24) is 15.2 Å². The van der Waals surface area contributed by atoms with Crippen LogP contribution in [-0.2, 0) is 44.9 Å². The van der Waals surface area contributed by atoms with Crippen molar-refractivity contribution in [3.05, 3.63) is 65.0 Å². The van der Waals surface area contributed by atoms with E-state index >= 15 is 0 Å². The molecule has 214 valence electrons. The first-order chi connectivity index (χ1) is 19.0. The molecule has 0 saturated heterocycles. The predicted octanol–water partition coefficient (Wildman–Crippen LogP) is 4.43. The van der Waals surface area contributed by atoms with E-state index in [-0.39, 0.29) is 26.2 Å². The molecule has 1 N–H and O–H groups in total. The van der Waals surface area contributed by atoms with E-state index in [2.05, 4.69) is 17.4 Å². The molecule has 9 heteroatoms. The van der Waals surface area contributed by atoms with Crippen LogP contribution in [0.2, 0.25) is 0 Å². The molecule has 2 atom stereocenters. The Morgan fingerprint density at radius 2 is 1.85 bits per heavy atom. The zero-order chi connectivity index (χ0) is 27.9. The van der Waals surface area contributed by atoms with Gasteiger partial charge in [0.1, 0.15) is 18.8 Å². The number of carbonyl (C=O) groups is 2. The van der Waals surface area contributed by atoms with E-state index in [0.717, 1.165) is 43.4 Å². The van der Waals surface area contributed by atoms with Gasteiger partial charge in [-0.3, -0.25) is 4.98 Å². The minimum atomic E-state index is -1.15. The maximum atomic E-state index is 14.5. The van der Waals surface area contributed by atoms with Crippen molar-refractivity contribution in [2.75, 3.05) is 40.5 Å². The van der Waals surface area contributed by atoms with Crippen molar-refractivity contribution < 1.29 is 28.2 Å². The van der Waals surface area contributed by atoms with E-state index in [0.29, 0.717) is 13.1 Å². The molecule has 0 spiro atoms. The van der Waals surface area contributed by atoms with Gasteiger partial charge in [0, 0.05) is 31.6 Å². The summed E-state index contributed by atoms with van der Waals surface area (Å²) >= 11 is 0. The minimum Gasteiger partial charge on any atom is -0.467 e. The standard InChI is InChI=1S/C30H42FN3O5/c1-37-22-25(31)20-34(18-9-8-13-26-16-15-24-12-6-7-14-27(24)32-26)19-17-28(29(35)38-2)33-30(36)39-21-23-10-4-3-5-11-23/h3-5,10-11,15-16,25,28H,6-9,12-14,17-22H2,1-2H3,(H,33,36)/t25-,28-/m0/s1. The highest BCUT2D eigenvalue weighted by Gasteiger charge is 2.24. The molecule has 1 aliphatic carbocycles. The number of aryl methyl sites for hydroxylation is 3. The summed E-state index contributed by atoms with van der Waals surface area (Å²) in [4.78, 5) is 31.5. The Bertz CT molecular complexity index is 1020. The number of alkyl carbamates (subject to hydrolysis) is 1. The Kier molecular flexibility index (Phi) is 13.2. The lowest BCUT2D eigenvalue weighted by molar-refractivity contribution is -0.143. The van der Waals surface area contributed by atoms with Gasteiger partial charge in [-0.1, -0.05) is 36.4 Å². The average Bonchev–Trinajstić information content (AvgIpc) is 2.96. The van der Waals surface area contributed by atoms with Crippen LogP contribution in [0, 0.1) is 0 Å². The number of aromatic nitrogens is 1. The van der Waals surface area contributed by atoms with Gasteiger partial charge in [0.05, 0.1) is 13.7 Å². The number of rotatable bonds is 16. The number of hydrogen-bond acceptors (Lipinski definition) is 7. The zero-order valence-corrected chi connectivity index (χ0v) is 23.2. The fraction of sp³-hybridized carbons (Fsp3) is 0.567. The molecule has 1 aromatic carbocycles. The van der Waals surface area contributed by atoms with E-state index in [1.165, 1.54) is 38.3 Å². The Balaban J connectivity index is 1.49. The third-order valence-corrected chi connectivity index (χ3v) is 6.92.